The minimum atomic E-state index is -0.0800. The standard InChI is InChI=1S/C21H34N4O3.HI/c1-22-21(23-12-6-11-20(26)28-17-8-2-3-9-17)24-16-18(19-10-7-15-27-19)25-13-4-5-14-25;/h7,10,15,17-18H,2-6,8-9,11-14,16H2,1H3,(H2,22,23,24);1H. The molecule has 1 aromatic heterocycles. The van der Waals surface area contributed by atoms with Crippen LogP contribution in [-0.2, 0) is 9.53 Å². The summed E-state index contributed by atoms with van der Waals surface area (Å²) in [7, 11) is 1.77. The second-order valence-electron chi connectivity index (χ2n) is 7.65. The lowest BCUT2D eigenvalue weighted by atomic mass is 10.2. The van der Waals surface area contributed by atoms with Gasteiger partial charge in [-0.2, -0.15) is 0 Å². The van der Waals surface area contributed by atoms with E-state index in [1.165, 1.54) is 25.7 Å². The molecule has 0 radical (unpaired) electrons. The lowest BCUT2D eigenvalue weighted by Gasteiger charge is -2.26. The summed E-state index contributed by atoms with van der Waals surface area (Å²) in [6, 6.07) is 4.19. The summed E-state index contributed by atoms with van der Waals surface area (Å²) in [5, 5.41) is 6.69. The number of ether oxygens (including phenoxy) is 1. The lowest BCUT2D eigenvalue weighted by Crippen LogP contribution is -2.43. The summed E-state index contributed by atoms with van der Waals surface area (Å²) >= 11 is 0. The van der Waals surface area contributed by atoms with Gasteiger partial charge in [-0.15, -0.1) is 24.0 Å². The van der Waals surface area contributed by atoms with E-state index >= 15 is 0 Å². The number of carbonyl (C=O) groups is 1. The fourth-order valence-corrected chi connectivity index (χ4v) is 4.05. The number of rotatable bonds is 9. The first-order valence-electron chi connectivity index (χ1n) is 10.7. The summed E-state index contributed by atoms with van der Waals surface area (Å²) in [5.41, 5.74) is 0. The van der Waals surface area contributed by atoms with Gasteiger partial charge in [-0.3, -0.25) is 14.7 Å². The Hall–Kier alpha value is -1.29. The van der Waals surface area contributed by atoms with E-state index in [1.807, 2.05) is 12.1 Å². The minimum Gasteiger partial charge on any atom is -0.468 e. The van der Waals surface area contributed by atoms with Crippen molar-refractivity contribution >= 4 is 35.9 Å². The third kappa shape index (κ3) is 7.81. The number of nitrogens with zero attached hydrogens (tertiary/aromatic N) is 2. The highest BCUT2D eigenvalue weighted by Crippen LogP contribution is 2.25. The average molecular weight is 518 g/mol. The molecule has 2 aliphatic rings. The number of halogens is 1. The van der Waals surface area contributed by atoms with E-state index in [2.05, 4.69) is 20.5 Å². The van der Waals surface area contributed by atoms with Crippen LogP contribution in [0.25, 0.3) is 0 Å². The predicted molar refractivity (Wildman–Crippen MR) is 125 cm³/mol. The summed E-state index contributed by atoms with van der Waals surface area (Å²) in [5.74, 6) is 1.66. The molecule has 29 heavy (non-hydrogen) atoms. The number of nitrogens with one attached hydrogen (secondary N) is 2. The molecule has 1 saturated heterocycles. The molecule has 1 aromatic rings. The van der Waals surface area contributed by atoms with Crippen LogP contribution in [0.3, 0.4) is 0 Å². The lowest BCUT2D eigenvalue weighted by molar-refractivity contribution is -0.148. The van der Waals surface area contributed by atoms with Crippen LogP contribution >= 0.6 is 24.0 Å². The van der Waals surface area contributed by atoms with E-state index < -0.39 is 0 Å². The molecule has 1 aliphatic heterocycles. The van der Waals surface area contributed by atoms with Crippen LogP contribution in [0.15, 0.2) is 27.8 Å². The highest BCUT2D eigenvalue weighted by atomic mass is 127. The molecule has 2 heterocycles. The molecule has 1 saturated carbocycles. The summed E-state index contributed by atoms with van der Waals surface area (Å²) in [4.78, 5) is 18.6. The minimum absolute atomic E-state index is 0. The van der Waals surface area contributed by atoms with Gasteiger partial charge in [0.15, 0.2) is 5.96 Å². The molecular weight excluding hydrogens is 483 g/mol. The van der Waals surface area contributed by atoms with Crippen LogP contribution in [0.4, 0.5) is 0 Å². The fourth-order valence-electron chi connectivity index (χ4n) is 4.05. The van der Waals surface area contributed by atoms with E-state index in [0.717, 1.165) is 50.6 Å². The van der Waals surface area contributed by atoms with Crippen molar-refractivity contribution < 1.29 is 13.9 Å². The number of furan rings is 1. The van der Waals surface area contributed by atoms with E-state index in [9.17, 15) is 4.79 Å². The van der Waals surface area contributed by atoms with Crippen LogP contribution < -0.4 is 10.6 Å². The van der Waals surface area contributed by atoms with Gasteiger partial charge in [-0.1, -0.05) is 0 Å². The maximum Gasteiger partial charge on any atom is 0.306 e. The quantitative estimate of drug-likeness (QED) is 0.172. The molecule has 1 aliphatic carbocycles. The molecule has 0 bridgehead atoms. The maximum absolute atomic E-state index is 11.9. The number of hydrogen-bond donors (Lipinski definition) is 2. The molecular formula is C21H35IN4O3. The van der Waals surface area contributed by atoms with Crippen molar-refractivity contribution in [3.05, 3.63) is 24.2 Å². The molecule has 0 aromatic carbocycles. The molecule has 0 amide bonds. The van der Waals surface area contributed by atoms with Gasteiger partial charge in [0, 0.05) is 26.6 Å². The van der Waals surface area contributed by atoms with Gasteiger partial charge in [-0.25, -0.2) is 0 Å². The van der Waals surface area contributed by atoms with Gasteiger partial charge in [0.05, 0.1) is 12.3 Å². The first kappa shape index (κ1) is 24.0. The number of aliphatic imine (C=N–C) groups is 1. The first-order chi connectivity index (χ1) is 13.8. The Morgan fingerprint density at radius 3 is 2.69 bits per heavy atom. The van der Waals surface area contributed by atoms with Crippen LogP contribution in [0.5, 0.6) is 0 Å². The third-order valence-corrected chi connectivity index (χ3v) is 5.59. The predicted octanol–water partition coefficient (Wildman–Crippen LogP) is 3.47. The van der Waals surface area contributed by atoms with Crippen LogP contribution in [-0.4, -0.2) is 56.2 Å². The topological polar surface area (TPSA) is 79.1 Å². The summed E-state index contributed by atoms with van der Waals surface area (Å²) < 4.78 is 11.2. The average Bonchev–Trinajstić information content (AvgIpc) is 3.47. The highest BCUT2D eigenvalue weighted by Gasteiger charge is 2.25. The van der Waals surface area contributed by atoms with Crippen LogP contribution in [0.2, 0.25) is 0 Å². The van der Waals surface area contributed by atoms with Crippen molar-refractivity contribution in [2.45, 2.75) is 63.5 Å². The molecule has 3 rings (SSSR count). The van der Waals surface area contributed by atoms with Crippen molar-refractivity contribution in [1.29, 1.82) is 0 Å². The zero-order chi connectivity index (χ0) is 19.6. The zero-order valence-corrected chi connectivity index (χ0v) is 19.7. The van der Waals surface area contributed by atoms with Gasteiger partial charge < -0.3 is 19.8 Å². The normalized spacial score (nSPS) is 19.0. The van der Waals surface area contributed by atoms with E-state index in [1.54, 1.807) is 13.3 Å². The monoisotopic (exact) mass is 518 g/mol. The Labute approximate surface area is 191 Å². The molecule has 2 fully saturated rings. The van der Waals surface area contributed by atoms with Crippen molar-refractivity contribution in [3.63, 3.8) is 0 Å². The molecule has 1 atom stereocenters. The van der Waals surface area contributed by atoms with Gasteiger partial charge >= 0.3 is 5.97 Å². The van der Waals surface area contributed by atoms with Crippen molar-refractivity contribution in [3.8, 4) is 0 Å². The van der Waals surface area contributed by atoms with Crippen molar-refractivity contribution in [2.24, 2.45) is 4.99 Å². The molecule has 0 spiro atoms. The molecule has 2 N–H and O–H groups in total. The van der Waals surface area contributed by atoms with Crippen LogP contribution in [0.1, 0.15) is 63.2 Å². The number of likely N-dealkylation sites (tertiary alicyclic amines) is 1. The number of esters is 1. The second-order valence-corrected chi connectivity index (χ2v) is 7.65. The molecule has 164 valence electrons. The van der Waals surface area contributed by atoms with Crippen LogP contribution in [0, 0.1) is 0 Å². The third-order valence-electron chi connectivity index (χ3n) is 5.59. The number of carbonyl (C=O) groups excluding carboxylic acids is 1. The van der Waals surface area contributed by atoms with Crippen molar-refractivity contribution in [1.82, 2.24) is 15.5 Å². The smallest absolute Gasteiger partial charge is 0.306 e. The van der Waals surface area contributed by atoms with E-state index in [-0.39, 0.29) is 42.1 Å². The second kappa shape index (κ2) is 13.1. The number of guanidine groups is 1. The Kier molecular flexibility index (Phi) is 10.8. The van der Waals surface area contributed by atoms with Gasteiger partial charge in [0.1, 0.15) is 11.9 Å². The maximum atomic E-state index is 11.9. The first-order valence-corrected chi connectivity index (χ1v) is 10.7. The molecule has 8 heteroatoms. The summed E-state index contributed by atoms with van der Waals surface area (Å²) in [6.45, 7) is 3.62. The highest BCUT2D eigenvalue weighted by molar-refractivity contribution is 14.0. The Morgan fingerprint density at radius 2 is 2.03 bits per heavy atom. The van der Waals surface area contributed by atoms with Gasteiger partial charge in [-0.05, 0) is 70.2 Å². The van der Waals surface area contributed by atoms with Gasteiger partial charge in [0.2, 0.25) is 0 Å². The van der Waals surface area contributed by atoms with E-state index in [0.29, 0.717) is 13.0 Å². The van der Waals surface area contributed by atoms with E-state index in [4.69, 9.17) is 9.15 Å². The molecule has 1 unspecified atom stereocenters. The Morgan fingerprint density at radius 1 is 1.28 bits per heavy atom. The Bertz CT molecular complexity index is 611. The summed E-state index contributed by atoms with van der Waals surface area (Å²) in [6.07, 6.45) is 9.94. The SMILES string of the molecule is CN=C(NCCCC(=O)OC1CCCC1)NCC(c1ccco1)N1CCCC1.I. The Balaban J connectivity index is 0.00000300. The fraction of sp³-hybridized carbons (Fsp3) is 0.714. The largest absolute Gasteiger partial charge is 0.468 e. The molecule has 7 nitrogen and oxygen atoms in total. The van der Waals surface area contributed by atoms with Gasteiger partial charge in [0.25, 0.3) is 0 Å². The van der Waals surface area contributed by atoms with Crippen molar-refractivity contribution in [2.75, 3.05) is 33.2 Å². The zero-order valence-electron chi connectivity index (χ0n) is 17.4. The number of hydrogen-bond acceptors (Lipinski definition) is 5.